The van der Waals surface area contributed by atoms with Crippen molar-refractivity contribution in [2.45, 2.75) is 18.8 Å². The summed E-state index contributed by atoms with van der Waals surface area (Å²) in [6, 6.07) is 6.94. The molecule has 0 saturated heterocycles. The average Bonchev–Trinajstić information content (AvgIpc) is 2.62. The summed E-state index contributed by atoms with van der Waals surface area (Å²) in [5, 5.41) is 6.64. The second-order valence-corrected chi connectivity index (χ2v) is 5.52. The number of fused-ring (bicyclic) bond motifs is 1. The zero-order valence-electron chi connectivity index (χ0n) is 13.3. The van der Waals surface area contributed by atoms with Crippen LogP contribution in [0.25, 0.3) is 10.8 Å². The van der Waals surface area contributed by atoms with Crippen molar-refractivity contribution in [2.24, 2.45) is 0 Å². The fourth-order valence-corrected chi connectivity index (χ4v) is 2.48. The molecule has 134 valence electrons. The second-order valence-electron chi connectivity index (χ2n) is 5.52. The van der Waals surface area contributed by atoms with E-state index < -0.39 is 30.2 Å². The van der Waals surface area contributed by atoms with Crippen LogP contribution in [-0.4, -0.2) is 26.8 Å². The standard InChI is InChI=1S/C17H13F3N4O2/c18-17(19,20)15(12-5-3-7-21-8-12)23-14(25)10-24-16(26)13-6-2-1-4-11(13)9-22-24/h1-9,15H,10H2,(H,23,25)/t15-/m0/s1. The van der Waals surface area contributed by atoms with Crippen molar-refractivity contribution in [3.8, 4) is 0 Å². The van der Waals surface area contributed by atoms with Gasteiger partial charge in [0.05, 0.1) is 11.6 Å². The molecule has 0 spiro atoms. The number of carbonyl (C=O) groups is 1. The van der Waals surface area contributed by atoms with Crippen molar-refractivity contribution in [1.82, 2.24) is 20.1 Å². The molecule has 0 bridgehead atoms. The molecule has 0 aliphatic rings. The normalized spacial score (nSPS) is 12.7. The first-order valence-corrected chi connectivity index (χ1v) is 7.57. The number of pyridine rings is 1. The quantitative estimate of drug-likeness (QED) is 0.772. The molecule has 26 heavy (non-hydrogen) atoms. The Morgan fingerprint density at radius 3 is 2.62 bits per heavy atom. The highest BCUT2D eigenvalue weighted by Crippen LogP contribution is 2.32. The van der Waals surface area contributed by atoms with Crippen LogP contribution in [0.15, 0.2) is 59.8 Å². The predicted octanol–water partition coefficient (Wildman–Crippen LogP) is 2.21. The third-order valence-electron chi connectivity index (χ3n) is 3.71. The van der Waals surface area contributed by atoms with Gasteiger partial charge < -0.3 is 5.32 Å². The molecule has 1 amide bonds. The molecule has 1 atom stereocenters. The molecule has 3 aromatic rings. The van der Waals surface area contributed by atoms with Crippen LogP contribution < -0.4 is 10.9 Å². The number of hydrogen-bond donors (Lipinski definition) is 1. The molecule has 6 nitrogen and oxygen atoms in total. The van der Waals surface area contributed by atoms with Gasteiger partial charge in [0.25, 0.3) is 5.56 Å². The van der Waals surface area contributed by atoms with Crippen LogP contribution in [0.5, 0.6) is 0 Å². The highest BCUT2D eigenvalue weighted by Gasteiger charge is 2.42. The lowest BCUT2D eigenvalue weighted by molar-refractivity contribution is -0.163. The molecule has 3 rings (SSSR count). The lowest BCUT2D eigenvalue weighted by atomic mass is 10.1. The van der Waals surface area contributed by atoms with Crippen molar-refractivity contribution in [3.63, 3.8) is 0 Å². The number of aromatic nitrogens is 3. The van der Waals surface area contributed by atoms with Crippen LogP contribution in [0.3, 0.4) is 0 Å². The van der Waals surface area contributed by atoms with Crippen molar-refractivity contribution >= 4 is 16.7 Å². The van der Waals surface area contributed by atoms with Crippen LogP contribution in [0.2, 0.25) is 0 Å². The molecule has 1 aromatic carbocycles. The van der Waals surface area contributed by atoms with Crippen molar-refractivity contribution in [1.29, 1.82) is 0 Å². The van der Waals surface area contributed by atoms with Gasteiger partial charge in [-0.1, -0.05) is 24.3 Å². The Balaban J connectivity index is 1.83. The average molecular weight is 362 g/mol. The molecule has 0 saturated carbocycles. The van der Waals surface area contributed by atoms with Gasteiger partial charge in [0.2, 0.25) is 5.91 Å². The van der Waals surface area contributed by atoms with Crippen LogP contribution >= 0.6 is 0 Å². The lowest BCUT2D eigenvalue weighted by Gasteiger charge is -2.21. The molecule has 1 N–H and O–H groups in total. The SMILES string of the molecule is O=C(Cn1ncc2ccccc2c1=O)N[C@@H](c1cccnc1)C(F)(F)F. The van der Waals surface area contributed by atoms with Gasteiger partial charge in [-0.2, -0.15) is 18.3 Å². The summed E-state index contributed by atoms with van der Waals surface area (Å²) >= 11 is 0. The third kappa shape index (κ3) is 3.71. The van der Waals surface area contributed by atoms with Crippen LogP contribution in [0, 0.1) is 0 Å². The number of hydrogen-bond acceptors (Lipinski definition) is 4. The van der Waals surface area contributed by atoms with Gasteiger partial charge in [0, 0.05) is 23.3 Å². The van der Waals surface area contributed by atoms with E-state index >= 15 is 0 Å². The summed E-state index contributed by atoms with van der Waals surface area (Å²) < 4.78 is 40.6. The maximum Gasteiger partial charge on any atom is 0.412 e. The number of amides is 1. The van der Waals surface area contributed by atoms with Crippen LogP contribution in [-0.2, 0) is 11.3 Å². The van der Waals surface area contributed by atoms with E-state index in [0.29, 0.717) is 10.8 Å². The number of benzene rings is 1. The number of halogens is 3. The highest BCUT2D eigenvalue weighted by atomic mass is 19.4. The topological polar surface area (TPSA) is 76.9 Å². The van der Waals surface area contributed by atoms with E-state index in [2.05, 4.69) is 10.1 Å². The smallest absolute Gasteiger partial charge is 0.339 e. The molecule has 2 aromatic heterocycles. The minimum Gasteiger partial charge on any atom is -0.339 e. The Labute approximate surface area is 145 Å². The molecular weight excluding hydrogens is 349 g/mol. The monoisotopic (exact) mass is 362 g/mol. The lowest BCUT2D eigenvalue weighted by Crippen LogP contribution is -2.41. The first kappa shape index (κ1) is 17.6. The summed E-state index contributed by atoms with van der Waals surface area (Å²) in [4.78, 5) is 28.0. The fraction of sp³-hybridized carbons (Fsp3) is 0.176. The Bertz CT molecular complexity index is 986. The van der Waals surface area contributed by atoms with Crippen molar-refractivity contribution in [3.05, 3.63) is 70.9 Å². The summed E-state index contributed by atoms with van der Waals surface area (Å²) in [5.41, 5.74) is -0.754. The van der Waals surface area contributed by atoms with Gasteiger partial charge in [-0.05, 0) is 12.1 Å². The molecule has 9 heteroatoms. The summed E-state index contributed by atoms with van der Waals surface area (Å²) in [6.45, 7) is -0.628. The van der Waals surface area contributed by atoms with E-state index in [9.17, 15) is 22.8 Å². The second kappa shape index (κ2) is 6.95. The minimum absolute atomic E-state index is 0.202. The maximum absolute atomic E-state index is 13.3. The molecule has 0 unspecified atom stereocenters. The Kier molecular flexibility index (Phi) is 4.70. The number of nitrogens with zero attached hydrogens (tertiary/aromatic N) is 3. The van der Waals surface area contributed by atoms with Crippen LogP contribution in [0.1, 0.15) is 11.6 Å². The summed E-state index contributed by atoms with van der Waals surface area (Å²) in [5.74, 6) is -0.985. The van der Waals surface area contributed by atoms with Crippen LogP contribution in [0.4, 0.5) is 13.2 Å². The molecule has 0 fully saturated rings. The van der Waals surface area contributed by atoms with Gasteiger partial charge in [-0.15, -0.1) is 0 Å². The van der Waals surface area contributed by atoms with E-state index in [-0.39, 0.29) is 5.56 Å². The first-order chi connectivity index (χ1) is 12.4. The molecule has 0 aliphatic carbocycles. The Morgan fingerprint density at radius 1 is 1.15 bits per heavy atom. The van der Waals surface area contributed by atoms with Crippen molar-refractivity contribution in [2.75, 3.05) is 0 Å². The van der Waals surface area contributed by atoms with Gasteiger partial charge >= 0.3 is 6.18 Å². The number of rotatable bonds is 4. The molecule has 0 radical (unpaired) electrons. The Hall–Kier alpha value is -3.23. The van der Waals surface area contributed by atoms with E-state index in [1.54, 1.807) is 24.3 Å². The van der Waals surface area contributed by atoms with Gasteiger partial charge in [0.15, 0.2) is 6.04 Å². The van der Waals surface area contributed by atoms with Gasteiger partial charge in [-0.3, -0.25) is 14.6 Å². The maximum atomic E-state index is 13.3. The highest BCUT2D eigenvalue weighted by molar-refractivity contribution is 5.81. The first-order valence-electron chi connectivity index (χ1n) is 7.57. The van der Waals surface area contributed by atoms with E-state index in [0.717, 1.165) is 10.9 Å². The van der Waals surface area contributed by atoms with E-state index in [1.807, 2.05) is 5.32 Å². The fourth-order valence-electron chi connectivity index (χ4n) is 2.48. The molecule has 2 heterocycles. The van der Waals surface area contributed by atoms with E-state index in [1.165, 1.54) is 24.5 Å². The molecule has 0 aliphatic heterocycles. The number of carbonyl (C=O) groups excluding carboxylic acids is 1. The predicted molar refractivity (Wildman–Crippen MR) is 87.2 cm³/mol. The zero-order chi connectivity index (χ0) is 18.7. The summed E-state index contributed by atoms with van der Waals surface area (Å²) in [6.07, 6.45) is -0.969. The van der Waals surface area contributed by atoms with Gasteiger partial charge in [0.1, 0.15) is 6.54 Å². The number of nitrogens with one attached hydrogen (secondary N) is 1. The minimum atomic E-state index is -4.71. The Morgan fingerprint density at radius 2 is 1.92 bits per heavy atom. The zero-order valence-corrected chi connectivity index (χ0v) is 13.3. The van der Waals surface area contributed by atoms with E-state index in [4.69, 9.17) is 0 Å². The van der Waals surface area contributed by atoms with Crippen molar-refractivity contribution < 1.29 is 18.0 Å². The molecular formula is C17H13F3N4O2. The van der Waals surface area contributed by atoms with Gasteiger partial charge in [-0.25, -0.2) is 4.68 Å². The third-order valence-corrected chi connectivity index (χ3v) is 3.71. The number of alkyl halides is 3. The largest absolute Gasteiger partial charge is 0.412 e. The summed E-state index contributed by atoms with van der Waals surface area (Å²) in [7, 11) is 0.